The summed E-state index contributed by atoms with van der Waals surface area (Å²) in [5.41, 5.74) is 0. The fourth-order valence-electron chi connectivity index (χ4n) is 1.88. The zero-order valence-electron chi connectivity index (χ0n) is 12.7. The van der Waals surface area contributed by atoms with Gasteiger partial charge in [0.2, 0.25) is 0 Å². The van der Waals surface area contributed by atoms with Crippen LogP contribution in [0.1, 0.15) is 66.2 Å². The summed E-state index contributed by atoms with van der Waals surface area (Å²) in [6, 6.07) is 0. The minimum absolute atomic E-state index is 0.658. The largest absolute Gasteiger partial charge is 0.293 e. The molecule has 0 saturated heterocycles. The van der Waals surface area contributed by atoms with Crippen molar-refractivity contribution in [1.82, 2.24) is 0 Å². The molecule has 0 saturated carbocycles. The highest BCUT2D eigenvalue weighted by Crippen LogP contribution is 2.52. The lowest BCUT2D eigenvalue weighted by Gasteiger charge is -2.36. The van der Waals surface area contributed by atoms with Crippen LogP contribution >= 0.6 is 10.9 Å². The lowest BCUT2D eigenvalue weighted by atomic mass is 10.1. The van der Waals surface area contributed by atoms with Gasteiger partial charge in [-0.3, -0.25) is 12.5 Å². The molecular weight excluding hydrogens is 248 g/mol. The molecule has 0 N–H and O–H groups in total. The number of hydrogen-bond donors (Lipinski definition) is 0. The van der Waals surface area contributed by atoms with Gasteiger partial charge in [0.1, 0.15) is 0 Å². The molecule has 0 aromatic carbocycles. The number of rotatable bonds is 13. The van der Waals surface area contributed by atoms with E-state index < -0.39 is 10.9 Å². The standard InChI is InChI=1S/C14H32O3S/c1-5-9-10-11-12-13-14-18(15-6-2,16-7-3)17-8-4/h5-14H2,1-4H3. The van der Waals surface area contributed by atoms with Crippen LogP contribution in [0.15, 0.2) is 0 Å². The lowest BCUT2D eigenvalue weighted by Crippen LogP contribution is -2.16. The topological polar surface area (TPSA) is 27.7 Å². The third-order valence-electron chi connectivity index (χ3n) is 2.64. The zero-order valence-corrected chi connectivity index (χ0v) is 13.5. The third kappa shape index (κ3) is 8.35. The first-order chi connectivity index (χ1) is 8.74. The fourth-order valence-corrected chi connectivity index (χ4v) is 4.07. The van der Waals surface area contributed by atoms with Gasteiger partial charge in [0.25, 0.3) is 0 Å². The van der Waals surface area contributed by atoms with Crippen LogP contribution in [0.5, 0.6) is 0 Å². The van der Waals surface area contributed by atoms with Crippen LogP contribution in [0.2, 0.25) is 0 Å². The molecule has 0 fully saturated rings. The Labute approximate surface area is 116 Å². The van der Waals surface area contributed by atoms with E-state index in [9.17, 15) is 0 Å². The molecule has 0 aliphatic rings. The van der Waals surface area contributed by atoms with Gasteiger partial charge >= 0.3 is 0 Å². The van der Waals surface area contributed by atoms with E-state index in [0.717, 1.165) is 12.2 Å². The van der Waals surface area contributed by atoms with Crippen LogP contribution in [-0.2, 0) is 12.5 Å². The summed E-state index contributed by atoms with van der Waals surface area (Å²) in [7, 11) is -1.74. The number of hydrogen-bond acceptors (Lipinski definition) is 3. The highest BCUT2D eigenvalue weighted by Gasteiger charge is 2.25. The molecule has 0 aromatic heterocycles. The molecule has 0 aliphatic heterocycles. The second-order valence-corrected chi connectivity index (χ2v) is 6.48. The van der Waals surface area contributed by atoms with E-state index in [4.69, 9.17) is 12.5 Å². The minimum atomic E-state index is -1.74. The first-order valence-corrected chi connectivity index (χ1v) is 9.06. The molecule has 0 unspecified atom stereocenters. The van der Waals surface area contributed by atoms with Gasteiger partial charge in [0.05, 0.1) is 30.7 Å². The maximum atomic E-state index is 5.78. The predicted octanol–water partition coefficient (Wildman–Crippen LogP) is 5.01. The van der Waals surface area contributed by atoms with E-state index in [2.05, 4.69) is 6.92 Å². The third-order valence-corrected chi connectivity index (χ3v) is 5.21. The molecule has 0 aromatic rings. The van der Waals surface area contributed by atoms with Gasteiger partial charge in [0.15, 0.2) is 0 Å². The van der Waals surface area contributed by atoms with Crippen molar-refractivity contribution in [2.75, 3.05) is 25.6 Å². The molecule has 0 heterocycles. The maximum Gasteiger partial charge on any atom is 0.0887 e. The average molecular weight is 280 g/mol. The summed E-state index contributed by atoms with van der Waals surface area (Å²) in [4.78, 5) is 0. The Morgan fingerprint density at radius 2 is 1.06 bits per heavy atom. The van der Waals surface area contributed by atoms with Crippen molar-refractivity contribution in [3.8, 4) is 0 Å². The van der Waals surface area contributed by atoms with E-state index in [0.29, 0.717) is 19.8 Å². The highest BCUT2D eigenvalue weighted by molar-refractivity contribution is 8.21. The van der Waals surface area contributed by atoms with E-state index in [1.165, 1.54) is 32.1 Å². The molecule has 0 rings (SSSR count). The summed E-state index contributed by atoms with van der Waals surface area (Å²) in [6.07, 6.45) is 7.69. The minimum Gasteiger partial charge on any atom is -0.293 e. The summed E-state index contributed by atoms with van der Waals surface area (Å²) in [5, 5.41) is 0. The second kappa shape index (κ2) is 12.3. The van der Waals surface area contributed by atoms with Crippen LogP contribution < -0.4 is 0 Å². The quantitative estimate of drug-likeness (QED) is 0.444. The Hall–Kier alpha value is 0.230. The molecule has 0 amide bonds. The molecule has 3 nitrogen and oxygen atoms in total. The summed E-state index contributed by atoms with van der Waals surface area (Å²) < 4.78 is 17.3. The maximum absolute atomic E-state index is 5.78. The van der Waals surface area contributed by atoms with E-state index >= 15 is 0 Å². The average Bonchev–Trinajstić information content (AvgIpc) is 2.35. The van der Waals surface area contributed by atoms with Crippen molar-refractivity contribution in [2.24, 2.45) is 0 Å². The van der Waals surface area contributed by atoms with E-state index in [1.807, 2.05) is 20.8 Å². The molecular formula is C14H32O3S. The van der Waals surface area contributed by atoms with Gasteiger partial charge in [-0.2, -0.15) is 0 Å². The monoisotopic (exact) mass is 280 g/mol. The molecule has 0 radical (unpaired) electrons. The highest BCUT2D eigenvalue weighted by atomic mass is 32.3. The van der Waals surface area contributed by atoms with Gasteiger partial charge in [-0.25, -0.2) is 0 Å². The number of unbranched alkanes of at least 4 members (excludes halogenated alkanes) is 5. The fraction of sp³-hybridized carbons (Fsp3) is 1.00. The van der Waals surface area contributed by atoms with Crippen molar-refractivity contribution in [1.29, 1.82) is 0 Å². The van der Waals surface area contributed by atoms with Crippen LogP contribution in [0.4, 0.5) is 0 Å². The lowest BCUT2D eigenvalue weighted by molar-refractivity contribution is 0.185. The zero-order chi connectivity index (χ0) is 13.7. The van der Waals surface area contributed by atoms with Crippen molar-refractivity contribution in [3.63, 3.8) is 0 Å². The van der Waals surface area contributed by atoms with Gasteiger partial charge in [0, 0.05) is 5.75 Å². The van der Waals surface area contributed by atoms with Gasteiger partial charge in [-0.1, -0.05) is 39.0 Å². The Bertz CT molecular complexity index is 159. The van der Waals surface area contributed by atoms with Crippen LogP contribution in [0, 0.1) is 0 Å². The molecule has 0 aliphatic carbocycles. The smallest absolute Gasteiger partial charge is 0.0887 e. The Morgan fingerprint density at radius 1 is 0.611 bits per heavy atom. The van der Waals surface area contributed by atoms with Crippen LogP contribution in [0.3, 0.4) is 0 Å². The SMILES string of the molecule is CCCCCCCCS(OCC)(OCC)OCC. The first kappa shape index (κ1) is 18.2. The Balaban J connectivity index is 3.97. The summed E-state index contributed by atoms with van der Waals surface area (Å²) >= 11 is 0. The van der Waals surface area contributed by atoms with Gasteiger partial charge < -0.3 is 0 Å². The molecule has 4 heteroatoms. The second-order valence-electron chi connectivity index (χ2n) is 4.25. The molecule has 0 atom stereocenters. The molecule has 112 valence electrons. The van der Waals surface area contributed by atoms with Crippen molar-refractivity contribution in [3.05, 3.63) is 0 Å². The molecule has 18 heavy (non-hydrogen) atoms. The van der Waals surface area contributed by atoms with E-state index in [1.54, 1.807) is 0 Å². The van der Waals surface area contributed by atoms with Crippen molar-refractivity contribution < 1.29 is 12.5 Å². The van der Waals surface area contributed by atoms with E-state index in [-0.39, 0.29) is 0 Å². The van der Waals surface area contributed by atoms with Crippen molar-refractivity contribution >= 4 is 10.9 Å². The molecule has 0 bridgehead atoms. The van der Waals surface area contributed by atoms with Crippen molar-refractivity contribution in [2.45, 2.75) is 66.2 Å². The van der Waals surface area contributed by atoms with Gasteiger partial charge in [-0.15, -0.1) is 0 Å². The molecule has 0 spiro atoms. The summed E-state index contributed by atoms with van der Waals surface area (Å²) in [6.45, 7) is 10.2. The van der Waals surface area contributed by atoms with Crippen LogP contribution in [0.25, 0.3) is 0 Å². The Morgan fingerprint density at radius 3 is 1.50 bits per heavy atom. The predicted molar refractivity (Wildman–Crippen MR) is 80.7 cm³/mol. The Kier molecular flexibility index (Phi) is 12.4. The van der Waals surface area contributed by atoms with Gasteiger partial charge in [-0.05, 0) is 27.2 Å². The van der Waals surface area contributed by atoms with Crippen LogP contribution in [-0.4, -0.2) is 25.6 Å². The first-order valence-electron chi connectivity index (χ1n) is 7.48. The normalized spacial score (nSPS) is 12.9. The summed E-state index contributed by atoms with van der Waals surface area (Å²) in [5.74, 6) is 0.911.